The number of hydrogen-bond donors (Lipinski definition) is 0. The first kappa shape index (κ1) is 13.6. The Balaban J connectivity index is 1.79. The summed E-state index contributed by atoms with van der Waals surface area (Å²) in [6.45, 7) is 2.83. The van der Waals surface area contributed by atoms with Crippen molar-refractivity contribution >= 4 is 11.2 Å². The summed E-state index contributed by atoms with van der Waals surface area (Å²) < 4.78 is 2.06. The molecule has 4 rings (SSSR count). The first-order valence-corrected chi connectivity index (χ1v) is 7.58. The summed E-state index contributed by atoms with van der Waals surface area (Å²) >= 11 is 0. The first-order valence-electron chi connectivity index (χ1n) is 7.58. The van der Waals surface area contributed by atoms with Crippen LogP contribution in [0.2, 0.25) is 0 Å². The van der Waals surface area contributed by atoms with Crippen molar-refractivity contribution in [2.45, 2.75) is 13.5 Å². The molecule has 0 aliphatic carbocycles. The molecule has 0 aliphatic rings. The minimum absolute atomic E-state index is 0.752. The van der Waals surface area contributed by atoms with Crippen molar-refractivity contribution in [2.24, 2.45) is 0 Å². The minimum atomic E-state index is 0.752. The molecule has 4 nitrogen and oxygen atoms in total. The van der Waals surface area contributed by atoms with E-state index in [-0.39, 0.29) is 0 Å². The van der Waals surface area contributed by atoms with Gasteiger partial charge in [0.2, 0.25) is 0 Å². The van der Waals surface area contributed by atoms with E-state index in [9.17, 15) is 0 Å². The van der Waals surface area contributed by atoms with Crippen molar-refractivity contribution in [2.75, 3.05) is 0 Å². The maximum absolute atomic E-state index is 4.55. The molecule has 2 heterocycles. The molecule has 0 saturated carbocycles. The van der Waals surface area contributed by atoms with Crippen LogP contribution in [-0.4, -0.2) is 19.5 Å². The van der Waals surface area contributed by atoms with Crippen molar-refractivity contribution in [3.63, 3.8) is 0 Å². The van der Waals surface area contributed by atoms with Gasteiger partial charge in [0, 0.05) is 5.56 Å². The second-order valence-corrected chi connectivity index (χ2v) is 5.62. The lowest BCUT2D eigenvalue weighted by Crippen LogP contribution is -1.99. The molecular weight excluding hydrogens is 284 g/mol. The van der Waals surface area contributed by atoms with Crippen LogP contribution in [0.25, 0.3) is 22.4 Å². The normalized spacial score (nSPS) is 11.0. The number of nitrogens with zero attached hydrogens (tertiary/aromatic N) is 4. The number of fused-ring (bicyclic) bond motifs is 1. The van der Waals surface area contributed by atoms with Crippen LogP contribution in [0.3, 0.4) is 0 Å². The fourth-order valence-electron chi connectivity index (χ4n) is 2.70. The molecule has 0 fully saturated rings. The third kappa shape index (κ3) is 2.59. The molecule has 23 heavy (non-hydrogen) atoms. The Hall–Kier alpha value is -3.01. The van der Waals surface area contributed by atoms with Crippen molar-refractivity contribution in [3.05, 3.63) is 78.4 Å². The van der Waals surface area contributed by atoms with Gasteiger partial charge in [0.15, 0.2) is 5.65 Å². The Labute approximate surface area is 134 Å². The highest BCUT2D eigenvalue weighted by Gasteiger charge is 2.11. The number of aromatic nitrogens is 4. The molecule has 0 bridgehead atoms. The maximum Gasteiger partial charge on any atom is 0.164 e. The van der Waals surface area contributed by atoms with E-state index < -0.39 is 0 Å². The molecule has 0 radical (unpaired) electrons. The molecule has 0 N–H and O–H groups in total. The Morgan fingerprint density at radius 3 is 2.43 bits per heavy atom. The SMILES string of the molecule is Cc1ccc(-c2ncnc3c2ncn3Cc2ccccc2)cc1. The Morgan fingerprint density at radius 2 is 1.65 bits per heavy atom. The standard InChI is InChI=1S/C19H16N4/c1-14-7-9-16(10-8-14)17-18-19(21-12-20-17)23(13-22-18)11-15-5-3-2-4-6-15/h2-10,12-13H,11H2,1H3. The van der Waals surface area contributed by atoms with Gasteiger partial charge in [-0.25, -0.2) is 15.0 Å². The molecule has 0 atom stereocenters. The van der Waals surface area contributed by atoms with Gasteiger partial charge in [-0.05, 0) is 12.5 Å². The summed E-state index contributed by atoms with van der Waals surface area (Å²) in [5, 5.41) is 0. The second-order valence-electron chi connectivity index (χ2n) is 5.62. The average Bonchev–Trinajstić information content (AvgIpc) is 3.00. The van der Waals surface area contributed by atoms with Crippen LogP contribution < -0.4 is 0 Å². The van der Waals surface area contributed by atoms with Crippen molar-refractivity contribution < 1.29 is 0 Å². The van der Waals surface area contributed by atoms with Gasteiger partial charge >= 0.3 is 0 Å². The third-order valence-electron chi connectivity index (χ3n) is 3.92. The van der Waals surface area contributed by atoms with E-state index >= 15 is 0 Å². The Kier molecular flexibility index (Phi) is 3.35. The number of benzene rings is 2. The average molecular weight is 300 g/mol. The van der Waals surface area contributed by atoms with E-state index in [1.807, 2.05) is 24.5 Å². The van der Waals surface area contributed by atoms with Gasteiger partial charge < -0.3 is 4.57 Å². The highest BCUT2D eigenvalue weighted by atomic mass is 15.1. The van der Waals surface area contributed by atoms with E-state index in [2.05, 4.69) is 62.8 Å². The largest absolute Gasteiger partial charge is 0.311 e. The predicted octanol–water partition coefficient (Wildman–Crippen LogP) is 3.85. The predicted molar refractivity (Wildman–Crippen MR) is 91.0 cm³/mol. The van der Waals surface area contributed by atoms with Crippen LogP contribution in [0.4, 0.5) is 0 Å². The molecule has 0 spiro atoms. The highest BCUT2D eigenvalue weighted by molar-refractivity contribution is 5.87. The zero-order valence-electron chi connectivity index (χ0n) is 12.8. The lowest BCUT2D eigenvalue weighted by Gasteiger charge is -2.05. The zero-order valence-corrected chi connectivity index (χ0v) is 12.8. The van der Waals surface area contributed by atoms with Crippen LogP contribution in [-0.2, 0) is 6.54 Å². The Bertz CT molecular complexity index is 940. The van der Waals surface area contributed by atoms with E-state index in [1.54, 1.807) is 6.33 Å². The lowest BCUT2D eigenvalue weighted by atomic mass is 10.1. The van der Waals surface area contributed by atoms with E-state index in [4.69, 9.17) is 0 Å². The molecule has 2 aromatic carbocycles. The molecule has 4 aromatic rings. The summed E-state index contributed by atoms with van der Waals surface area (Å²) in [4.78, 5) is 13.4. The van der Waals surface area contributed by atoms with Gasteiger partial charge in [-0.15, -0.1) is 0 Å². The van der Waals surface area contributed by atoms with E-state index in [0.29, 0.717) is 0 Å². The third-order valence-corrected chi connectivity index (χ3v) is 3.92. The molecule has 0 saturated heterocycles. The summed E-state index contributed by atoms with van der Waals surface area (Å²) in [6.07, 6.45) is 3.45. The van der Waals surface area contributed by atoms with Crippen LogP contribution in [0.1, 0.15) is 11.1 Å². The number of imidazole rings is 1. The highest BCUT2D eigenvalue weighted by Crippen LogP contribution is 2.24. The fraction of sp³-hybridized carbons (Fsp3) is 0.105. The number of aryl methyl sites for hydroxylation is 1. The van der Waals surface area contributed by atoms with Gasteiger partial charge in [0.05, 0.1) is 12.9 Å². The molecule has 112 valence electrons. The second kappa shape index (κ2) is 5.65. The van der Waals surface area contributed by atoms with Gasteiger partial charge in [0.1, 0.15) is 17.5 Å². The maximum atomic E-state index is 4.55. The Morgan fingerprint density at radius 1 is 0.870 bits per heavy atom. The fourth-order valence-corrected chi connectivity index (χ4v) is 2.70. The van der Waals surface area contributed by atoms with E-state index in [0.717, 1.165) is 29.0 Å². The molecule has 0 unspecified atom stereocenters. The molecule has 2 aromatic heterocycles. The topological polar surface area (TPSA) is 43.6 Å². The van der Waals surface area contributed by atoms with Crippen LogP contribution in [0, 0.1) is 6.92 Å². The summed E-state index contributed by atoms with van der Waals surface area (Å²) in [6, 6.07) is 18.6. The number of rotatable bonds is 3. The minimum Gasteiger partial charge on any atom is -0.311 e. The molecule has 4 heteroatoms. The van der Waals surface area contributed by atoms with Crippen LogP contribution in [0.15, 0.2) is 67.3 Å². The van der Waals surface area contributed by atoms with Crippen molar-refractivity contribution in [3.8, 4) is 11.3 Å². The molecule has 0 aliphatic heterocycles. The van der Waals surface area contributed by atoms with Crippen LogP contribution in [0.5, 0.6) is 0 Å². The number of hydrogen-bond acceptors (Lipinski definition) is 3. The van der Waals surface area contributed by atoms with Gasteiger partial charge in [-0.1, -0.05) is 60.2 Å². The zero-order chi connectivity index (χ0) is 15.6. The summed E-state index contributed by atoms with van der Waals surface area (Å²) in [5.41, 5.74) is 6.09. The smallest absolute Gasteiger partial charge is 0.164 e. The quantitative estimate of drug-likeness (QED) is 0.577. The van der Waals surface area contributed by atoms with Gasteiger partial charge in [0.25, 0.3) is 0 Å². The van der Waals surface area contributed by atoms with Gasteiger partial charge in [-0.2, -0.15) is 0 Å². The van der Waals surface area contributed by atoms with Crippen LogP contribution >= 0.6 is 0 Å². The molecule has 0 amide bonds. The summed E-state index contributed by atoms with van der Waals surface area (Å²) in [5.74, 6) is 0. The van der Waals surface area contributed by atoms with Crippen molar-refractivity contribution in [1.29, 1.82) is 0 Å². The summed E-state index contributed by atoms with van der Waals surface area (Å²) in [7, 11) is 0. The van der Waals surface area contributed by atoms with Gasteiger partial charge in [-0.3, -0.25) is 0 Å². The monoisotopic (exact) mass is 300 g/mol. The van der Waals surface area contributed by atoms with E-state index in [1.165, 1.54) is 11.1 Å². The van der Waals surface area contributed by atoms with Crippen molar-refractivity contribution in [1.82, 2.24) is 19.5 Å². The first-order chi connectivity index (χ1) is 11.3. The lowest BCUT2D eigenvalue weighted by molar-refractivity contribution is 0.813. The molecular formula is C19H16N4.